The van der Waals surface area contributed by atoms with Crippen LogP contribution in [0.5, 0.6) is 0 Å². The second kappa shape index (κ2) is 4.49. The zero-order valence-electron chi connectivity index (χ0n) is 8.11. The number of benzene rings is 1. The molecule has 0 aliphatic heterocycles. The van der Waals surface area contributed by atoms with Gasteiger partial charge in [0.25, 0.3) is 0 Å². The highest BCUT2D eigenvalue weighted by Crippen LogP contribution is 2.13. The molecule has 2 nitrogen and oxygen atoms in total. The number of aromatic nitrogens is 1. The Morgan fingerprint density at radius 2 is 2.19 bits per heavy atom. The lowest BCUT2D eigenvalue weighted by Crippen LogP contribution is -2.05. The topological polar surface area (TPSA) is 30.0 Å². The molecular weight excluding hydrogens is 232 g/mol. The number of rotatable bonds is 3. The van der Waals surface area contributed by atoms with Crippen LogP contribution >= 0.6 is 11.3 Å². The Hall–Kier alpha value is -1.62. The molecule has 1 aromatic carbocycles. The average molecular weight is 239 g/mol. The van der Waals surface area contributed by atoms with Crippen LogP contribution in [0.25, 0.3) is 0 Å². The van der Waals surface area contributed by atoms with Crippen molar-refractivity contribution >= 4 is 17.1 Å². The minimum Gasteiger partial charge on any atom is -0.292 e. The molecule has 0 unspecified atom stereocenters. The summed E-state index contributed by atoms with van der Waals surface area (Å²) in [5.74, 6) is -1.63. The summed E-state index contributed by atoms with van der Waals surface area (Å²) >= 11 is 1.30. The van der Waals surface area contributed by atoms with E-state index in [4.69, 9.17) is 0 Å². The van der Waals surface area contributed by atoms with Gasteiger partial charge in [-0.25, -0.2) is 13.8 Å². The normalized spacial score (nSPS) is 10.4. The van der Waals surface area contributed by atoms with Gasteiger partial charge in [0.05, 0.1) is 5.51 Å². The number of carbonyl (C=O) groups is 1. The lowest BCUT2D eigenvalue weighted by Gasteiger charge is -2.00. The molecule has 0 radical (unpaired) electrons. The summed E-state index contributed by atoms with van der Waals surface area (Å²) in [4.78, 5) is 15.4. The predicted octanol–water partition coefficient (Wildman–Crippen LogP) is 2.85. The second-order valence-electron chi connectivity index (χ2n) is 3.21. The van der Waals surface area contributed by atoms with Gasteiger partial charge in [-0.15, -0.1) is 11.3 Å². The molecular formula is C11H7F2NOS. The fraction of sp³-hybridized carbons (Fsp3) is 0.0909. The third-order valence-corrected chi connectivity index (χ3v) is 2.67. The molecule has 0 aliphatic carbocycles. The van der Waals surface area contributed by atoms with E-state index in [0.29, 0.717) is 5.69 Å². The summed E-state index contributed by atoms with van der Waals surface area (Å²) in [5.41, 5.74) is 2.03. The van der Waals surface area contributed by atoms with Crippen molar-refractivity contribution in [3.8, 4) is 0 Å². The van der Waals surface area contributed by atoms with E-state index in [2.05, 4.69) is 4.98 Å². The van der Waals surface area contributed by atoms with Crippen molar-refractivity contribution in [2.24, 2.45) is 0 Å². The van der Waals surface area contributed by atoms with Crippen LogP contribution in [-0.2, 0) is 6.42 Å². The Labute approximate surface area is 94.6 Å². The molecule has 82 valence electrons. The van der Waals surface area contributed by atoms with Gasteiger partial charge >= 0.3 is 0 Å². The molecule has 16 heavy (non-hydrogen) atoms. The minimum atomic E-state index is -0.705. The molecule has 2 rings (SSSR count). The Bertz CT molecular complexity index is 511. The van der Waals surface area contributed by atoms with Crippen LogP contribution in [0.1, 0.15) is 16.1 Å². The van der Waals surface area contributed by atoms with E-state index in [0.717, 1.165) is 12.1 Å². The molecule has 1 heterocycles. The van der Waals surface area contributed by atoms with Gasteiger partial charge in [0.2, 0.25) is 0 Å². The van der Waals surface area contributed by atoms with Crippen molar-refractivity contribution in [3.05, 3.63) is 52.0 Å². The first-order valence-electron chi connectivity index (χ1n) is 4.52. The van der Waals surface area contributed by atoms with Crippen molar-refractivity contribution in [2.45, 2.75) is 6.42 Å². The van der Waals surface area contributed by atoms with Gasteiger partial charge in [-0.2, -0.15) is 0 Å². The number of hydrogen-bond acceptors (Lipinski definition) is 3. The maximum atomic E-state index is 13.2. The molecule has 0 fully saturated rings. The van der Waals surface area contributed by atoms with Gasteiger partial charge in [-0.1, -0.05) is 6.07 Å². The third kappa shape index (κ3) is 2.30. The van der Waals surface area contributed by atoms with E-state index in [1.165, 1.54) is 22.9 Å². The number of hydrogen-bond donors (Lipinski definition) is 0. The first kappa shape index (κ1) is 10.9. The number of Topliss-reactive ketones (excluding diaryl/α,β-unsaturated/α-hetero) is 1. The van der Waals surface area contributed by atoms with E-state index >= 15 is 0 Å². The first-order valence-corrected chi connectivity index (χ1v) is 5.46. The summed E-state index contributed by atoms with van der Waals surface area (Å²) in [6.07, 6.45) is -0.101. The van der Waals surface area contributed by atoms with Gasteiger partial charge in [0.1, 0.15) is 17.3 Å². The van der Waals surface area contributed by atoms with Crippen LogP contribution in [0.4, 0.5) is 8.78 Å². The average Bonchev–Trinajstić information content (AvgIpc) is 2.75. The zero-order valence-corrected chi connectivity index (χ0v) is 8.93. The molecule has 0 saturated carbocycles. The smallest absolute Gasteiger partial charge is 0.186 e. The monoisotopic (exact) mass is 239 g/mol. The molecule has 0 saturated heterocycles. The molecule has 0 bridgehead atoms. The van der Waals surface area contributed by atoms with E-state index in [9.17, 15) is 13.6 Å². The van der Waals surface area contributed by atoms with Crippen LogP contribution < -0.4 is 0 Å². The standard InChI is InChI=1S/C11H7F2NOS/c12-8-2-1-7(9(13)4-8)3-11(15)10-5-16-6-14-10/h1-2,4-6H,3H2. The molecule has 0 atom stereocenters. The Morgan fingerprint density at radius 3 is 2.81 bits per heavy atom. The fourth-order valence-electron chi connectivity index (χ4n) is 1.28. The van der Waals surface area contributed by atoms with E-state index in [-0.39, 0.29) is 17.8 Å². The summed E-state index contributed by atoms with van der Waals surface area (Å²) in [6.45, 7) is 0. The largest absolute Gasteiger partial charge is 0.292 e. The van der Waals surface area contributed by atoms with Crippen LogP contribution in [0, 0.1) is 11.6 Å². The number of carbonyl (C=O) groups excluding carboxylic acids is 1. The quantitative estimate of drug-likeness (QED) is 0.771. The van der Waals surface area contributed by atoms with Crippen LogP contribution in [0.2, 0.25) is 0 Å². The third-order valence-electron chi connectivity index (χ3n) is 2.08. The lowest BCUT2D eigenvalue weighted by atomic mass is 10.1. The highest BCUT2D eigenvalue weighted by Gasteiger charge is 2.12. The summed E-state index contributed by atoms with van der Waals surface area (Å²) in [6, 6.07) is 3.17. The minimum absolute atomic E-state index is 0.101. The molecule has 0 amide bonds. The molecule has 0 spiro atoms. The highest BCUT2D eigenvalue weighted by atomic mass is 32.1. The van der Waals surface area contributed by atoms with Gasteiger partial charge in [-0.3, -0.25) is 4.79 Å². The van der Waals surface area contributed by atoms with Crippen molar-refractivity contribution < 1.29 is 13.6 Å². The molecule has 1 aromatic heterocycles. The lowest BCUT2D eigenvalue weighted by molar-refractivity contribution is 0.0987. The van der Waals surface area contributed by atoms with E-state index in [1.807, 2.05) is 0 Å². The summed E-state index contributed by atoms with van der Waals surface area (Å²) < 4.78 is 25.9. The zero-order chi connectivity index (χ0) is 11.5. The van der Waals surface area contributed by atoms with Crippen molar-refractivity contribution in [1.82, 2.24) is 4.98 Å². The number of nitrogens with zero attached hydrogens (tertiary/aromatic N) is 1. The predicted molar refractivity (Wildman–Crippen MR) is 56.5 cm³/mol. The molecule has 0 N–H and O–H groups in total. The van der Waals surface area contributed by atoms with Gasteiger partial charge in [0, 0.05) is 17.9 Å². The molecule has 5 heteroatoms. The Kier molecular flexibility index (Phi) is 3.05. The van der Waals surface area contributed by atoms with Crippen LogP contribution in [0.15, 0.2) is 29.1 Å². The first-order chi connectivity index (χ1) is 7.66. The van der Waals surface area contributed by atoms with Crippen LogP contribution in [0.3, 0.4) is 0 Å². The SMILES string of the molecule is O=C(Cc1ccc(F)cc1F)c1cscn1. The maximum Gasteiger partial charge on any atom is 0.186 e. The van der Waals surface area contributed by atoms with Gasteiger partial charge < -0.3 is 0 Å². The van der Waals surface area contributed by atoms with Gasteiger partial charge in [-0.05, 0) is 11.6 Å². The maximum absolute atomic E-state index is 13.2. The number of thiazole rings is 1. The Balaban J connectivity index is 2.18. The fourth-order valence-corrected chi connectivity index (χ4v) is 1.84. The highest BCUT2D eigenvalue weighted by molar-refractivity contribution is 7.07. The number of ketones is 1. The molecule has 0 aliphatic rings. The summed E-state index contributed by atoms with van der Waals surface area (Å²) in [7, 11) is 0. The second-order valence-corrected chi connectivity index (χ2v) is 3.93. The molecule has 2 aromatic rings. The van der Waals surface area contributed by atoms with Crippen molar-refractivity contribution in [1.29, 1.82) is 0 Å². The van der Waals surface area contributed by atoms with E-state index < -0.39 is 11.6 Å². The Morgan fingerprint density at radius 1 is 1.38 bits per heavy atom. The van der Waals surface area contributed by atoms with Crippen molar-refractivity contribution in [2.75, 3.05) is 0 Å². The number of halogens is 2. The van der Waals surface area contributed by atoms with E-state index in [1.54, 1.807) is 5.38 Å². The van der Waals surface area contributed by atoms with Crippen molar-refractivity contribution in [3.63, 3.8) is 0 Å². The summed E-state index contributed by atoms with van der Waals surface area (Å²) in [5, 5.41) is 1.60. The van der Waals surface area contributed by atoms with Gasteiger partial charge in [0.15, 0.2) is 5.78 Å². The van der Waals surface area contributed by atoms with Crippen LogP contribution in [-0.4, -0.2) is 10.8 Å².